The third-order valence-corrected chi connectivity index (χ3v) is 3.32. The minimum atomic E-state index is -0.856. The van der Waals surface area contributed by atoms with E-state index in [-0.39, 0.29) is 24.9 Å². The number of carboxylic acids is 1. The number of rotatable bonds is 4. The molecule has 1 heterocycles. The summed E-state index contributed by atoms with van der Waals surface area (Å²) < 4.78 is 0. The molecule has 1 rings (SSSR count). The highest BCUT2D eigenvalue weighted by molar-refractivity contribution is 5.78. The van der Waals surface area contributed by atoms with Crippen LogP contribution < -0.4 is 5.32 Å². The lowest BCUT2D eigenvalue weighted by Gasteiger charge is -2.33. The molecular weight excluding hydrogens is 250 g/mol. The van der Waals surface area contributed by atoms with Gasteiger partial charge in [0.05, 0.1) is 5.92 Å². The number of carbonyl (C=O) groups is 3. The van der Waals surface area contributed by atoms with Gasteiger partial charge in [-0.2, -0.15) is 0 Å². The van der Waals surface area contributed by atoms with E-state index in [4.69, 9.17) is 5.11 Å². The van der Waals surface area contributed by atoms with Crippen molar-refractivity contribution in [2.75, 3.05) is 33.7 Å². The van der Waals surface area contributed by atoms with Crippen molar-refractivity contribution >= 4 is 17.9 Å². The predicted molar refractivity (Wildman–Crippen MR) is 68.6 cm³/mol. The van der Waals surface area contributed by atoms with Crippen molar-refractivity contribution < 1.29 is 19.5 Å². The Bertz CT molecular complexity index is 359. The number of aliphatic carboxylic acids is 1. The number of carboxylic acid groups (broad SMARTS) is 1. The molecule has 108 valence electrons. The van der Waals surface area contributed by atoms with E-state index in [0.29, 0.717) is 25.9 Å². The van der Waals surface area contributed by atoms with Crippen LogP contribution in [-0.4, -0.2) is 66.5 Å². The zero-order valence-electron chi connectivity index (χ0n) is 11.4. The third kappa shape index (κ3) is 4.42. The van der Waals surface area contributed by atoms with Gasteiger partial charge in [-0.1, -0.05) is 0 Å². The molecule has 0 bridgehead atoms. The van der Waals surface area contributed by atoms with E-state index in [1.807, 2.05) is 0 Å². The summed E-state index contributed by atoms with van der Waals surface area (Å²) in [7, 11) is 3.17. The van der Waals surface area contributed by atoms with Gasteiger partial charge >= 0.3 is 12.0 Å². The van der Waals surface area contributed by atoms with Gasteiger partial charge in [-0.25, -0.2) is 4.79 Å². The van der Waals surface area contributed by atoms with Crippen LogP contribution in [0.25, 0.3) is 0 Å². The Balaban J connectivity index is 2.47. The maximum absolute atomic E-state index is 12.1. The van der Waals surface area contributed by atoms with Crippen LogP contribution in [0.3, 0.4) is 0 Å². The summed E-state index contributed by atoms with van der Waals surface area (Å²) >= 11 is 0. The molecule has 0 aliphatic carbocycles. The minimum absolute atomic E-state index is 0.123. The quantitative estimate of drug-likeness (QED) is 0.751. The summed E-state index contributed by atoms with van der Waals surface area (Å²) in [5, 5.41) is 11.5. The largest absolute Gasteiger partial charge is 0.481 e. The van der Waals surface area contributed by atoms with Gasteiger partial charge < -0.3 is 20.2 Å². The van der Waals surface area contributed by atoms with Gasteiger partial charge in [0.25, 0.3) is 0 Å². The molecular formula is C12H21N3O4. The minimum Gasteiger partial charge on any atom is -0.481 e. The predicted octanol–water partition coefficient (Wildman–Crippen LogP) is -0.0291. The summed E-state index contributed by atoms with van der Waals surface area (Å²) in [4.78, 5) is 37.2. The highest BCUT2D eigenvalue weighted by Gasteiger charge is 2.29. The average molecular weight is 271 g/mol. The lowest BCUT2D eigenvalue weighted by Crippen LogP contribution is -2.48. The SMILES string of the molecule is CNC(=O)CCN(C)C(=O)N1CCC[C@H](C(=O)O)C1. The molecule has 3 amide bonds. The van der Waals surface area contributed by atoms with Crippen LogP contribution in [-0.2, 0) is 9.59 Å². The fourth-order valence-corrected chi connectivity index (χ4v) is 2.08. The molecule has 2 N–H and O–H groups in total. The lowest BCUT2D eigenvalue weighted by atomic mass is 9.99. The molecule has 0 aromatic carbocycles. The van der Waals surface area contributed by atoms with E-state index in [9.17, 15) is 14.4 Å². The summed E-state index contributed by atoms with van der Waals surface area (Å²) in [5.41, 5.74) is 0. The molecule has 0 aromatic rings. The molecule has 1 aliphatic rings. The van der Waals surface area contributed by atoms with Crippen molar-refractivity contribution in [3.05, 3.63) is 0 Å². The van der Waals surface area contributed by atoms with Crippen molar-refractivity contribution in [1.82, 2.24) is 15.1 Å². The average Bonchev–Trinajstić information content (AvgIpc) is 2.43. The van der Waals surface area contributed by atoms with Crippen molar-refractivity contribution in [2.45, 2.75) is 19.3 Å². The Labute approximate surface area is 112 Å². The van der Waals surface area contributed by atoms with E-state index in [0.717, 1.165) is 0 Å². The Kier molecular flexibility index (Phi) is 5.59. The molecule has 7 heteroatoms. The number of piperidine rings is 1. The van der Waals surface area contributed by atoms with Gasteiger partial charge in [-0.05, 0) is 12.8 Å². The first-order valence-corrected chi connectivity index (χ1v) is 6.39. The highest BCUT2D eigenvalue weighted by Crippen LogP contribution is 2.17. The van der Waals surface area contributed by atoms with Crippen LogP contribution in [0.4, 0.5) is 4.79 Å². The number of hydrogen-bond donors (Lipinski definition) is 2. The molecule has 19 heavy (non-hydrogen) atoms. The number of hydrogen-bond acceptors (Lipinski definition) is 3. The second-order valence-electron chi connectivity index (χ2n) is 4.75. The van der Waals surface area contributed by atoms with Crippen LogP contribution >= 0.6 is 0 Å². The molecule has 0 aromatic heterocycles. The van der Waals surface area contributed by atoms with Crippen molar-refractivity contribution in [2.24, 2.45) is 5.92 Å². The Morgan fingerprint density at radius 1 is 1.42 bits per heavy atom. The normalized spacial score (nSPS) is 18.8. The van der Waals surface area contributed by atoms with E-state index >= 15 is 0 Å². The highest BCUT2D eigenvalue weighted by atomic mass is 16.4. The Hall–Kier alpha value is -1.79. The number of carbonyl (C=O) groups excluding carboxylic acids is 2. The topological polar surface area (TPSA) is 90.0 Å². The standard InChI is InChI=1S/C12H21N3O4/c1-13-10(16)5-7-14(2)12(19)15-6-3-4-9(8-15)11(17)18/h9H,3-8H2,1-2H3,(H,13,16)(H,17,18)/t9-/m0/s1. The Morgan fingerprint density at radius 3 is 2.68 bits per heavy atom. The van der Waals surface area contributed by atoms with Crippen LogP contribution in [0.5, 0.6) is 0 Å². The van der Waals surface area contributed by atoms with Gasteiger partial charge in [-0.15, -0.1) is 0 Å². The molecule has 0 saturated carbocycles. The number of likely N-dealkylation sites (tertiary alicyclic amines) is 1. The smallest absolute Gasteiger partial charge is 0.319 e. The second kappa shape index (κ2) is 6.96. The maximum Gasteiger partial charge on any atom is 0.319 e. The van der Waals surface area contributed by atoms with Crippen LogP contribution in [0.1, 0.15) is 19.3 Å². The maximum atomic E-state index is 12.1. The van der Waals surface area contributed by atoms with Gasteiger partial charge in [0.15, 0.2) is 0 Å². The lowest BCUT2D eigenvalue weighted by molar-refractivity contribution is -0.143. The molecule has 1 aliphatic heterocycles. The zero-order valence-corrected chi connectivity index (χ0v) is 11.4. The first-order chi connectivity index (χ1) is 8.95. The van der Waals surface area contributed by atoms with Crippen LogP contribution in [0.2, 0.25) is 0 Å². The first-order valence-electron chi connectivity index (χ1n) is 6.39. The van der Waals surface area contributed by atoms with Gasteiger partial charge in [0.2, 0.25) is 5.91 Å². The molecule has 1 fully saturated rings. The van der Waals surface area contributed by atoms with Gasteiger partial charge in [-0.3, -0.25) is 9.59 Å². The van der Waals surface area contributed by atoms with Crippen LogP contribution in [0, 0.1) is 5.92 Å². The molecule has 0 radical (unpaired) electrons. The third-order valence-electron chi connectivity index (χ3n) is 3.32. The number of amides is 3. The summed E-state index contributed by atoms with van der Waals surface area (Å²) in [6.45, 7) is 1.15. The molecule has 7 nitrogen and oxygen atoms in total. The van der Waals surface area contributed by atoms with Gasteiger partial charge in [0.1, 0.15) is 0 Å². The van der Waals surface area contributed by atoms with Crippen LogP contribution in [0.15, 0.2) is 0 Å². The van der Waals surface area contributed by atoms with Crippen molar-refractivity contribution in [3.63, 3.8) is 0 Å². The summed E-state index contributed by atoms with van der Waals surface area (Å²) in [6.07, 6.45) is 1.56. The van der Waals surface area contributed by atoms with E-state index in [1.165, 1.54) is 4.90 Å². The Morgan fingerprint density at radius 2 is 2.11 bits per heavy atom. The number of urea groups is 1. The van der Waals surface area contributed by atoms with Gasteiger partial charge in [0, 0.05) is 40.2 Å². The molecule has 1 atom stereocenters. The fourth-order valence-electron chi connectivity index (χ4n) is 2.08. The van der Waals surface area contributed by atoms with Crippen molar-refractivity contribution in [1.29, 1.82) is 0 Å². The zero-order chi connectivity index (χ0) is 14.4. The van der Waals surface area contributed by atoms with E-state index < -0.39 is 11.9 Å². The summed E-state index contributed by atoms with van der Waals surface area (Å²) in [6, 6.07) is -0.213. The second-order valence-corrected chi connectivity index (χ2v) is 4.75. The van der Waals surface area contributed by atoms with Crippen molar-refractivity contribution in [3.8, 4) is 0 Å². The van der Waals surface area contributed by atoms with E-state index in [2.05, 4.69) is 5.32 Å². The molecule has 0 spiro atoms. The summed E-state index contributed by atoms with van der Waals surface area (Å²) in [5.74, 6) is -1.46. The number of nitrogens with one attached hydrogen (secondary N) is 1. The molecule has 1 saturated heterocycles. The fraction of sp³-hybridized carbons (Fsp3) is 0.750. The monoisotopic (exact) mass is 271 g/mol. The van der Waals surface area contributed by atoms with E-state index in [1.54, 1.807) is 19.0 Å². The molecule has 0 unspecified atom stereocenters. The first kappa shape index (κ1) is 15.3. The number of nitrogens with zero attached hydrogens (tertiary/aromatic N) is 2.